The Morgan fingerprint density at radius 2 is 1.83 bits per heavy atom. The van der Waals surface area contributed by atoms with E-state index in [0.717, 1.165) is 37.7 Å². The highest BCUT2D eigenvalue weighted by Crippen LogP contribution is 2.30. The van der Waals surface area contributed by atoms with E-state index in [-0.39, 0.29) is 0 Å². The highest BCUT2D eigenvalue weighted by atomic mass is 79.9. The summed E-state index contributed by atoms with van der Waals surface area (Å²) >= 11 is 9.69. The number of rotatable bonds is 2. The molecule has 1 aromatic carbocycles. The standard InChI is InChI=1S/C14H14BrClN2/c1-8-4-10(3)14(12(16)5-8)18-13-6-9(2)11(15)7-17-13/h4-7H,1-3H3,(H,17,18). The summed E-state index contributed by atoms with van der Waals surface area (Å²) in [5.74, 6) is 0.796. The van der Waals surface area contributed by atoms with E-state index in [9.17, 15) is 0 Å². The van der Waals surface area contributed by atoms with E-state index in [1.165, 1.54) is 0 Å². The summed E-state index contributed by atoms with van der Waals surface area (Å²) in [5, 5.41) is 3.99. The lowest BCUT2D eigenvalue weighted by Gasteiger charge is -2.12. The van der Waals surface area contributed by atoms with Crippen molar-refractivity contribution < 1.29 is 0 Å². The van der Waals surface area contributed by atoms with Crippen molar-refractivity contribution in [3.63, 3.8) is 0 Å². The predicted octanol–water partition coefficient (Wildman–Crippen LogP) is 5.17. The summed E-state index contributed by atoms with van der Waals surface area (Å²) < 4.78 is 1.000. The number of aryl methyl sites for hydroxylation is 3. The fourth-order valence-electron chi connectivity index (χ4n) is 1.81. The second-order valence-corrected chi connectivity index (χ2v) is 5.64. The normalized spacial score (nSPS) is 10.5. The van der Waals surface area contributed by atoms with Crippen molar-refractivity contribution in [1.29, 1.82) is 0 Å². The summed E-state index contributed by atoms with van der Waals surface area (Å²) in [4.78, 5) is 4.32. The third-order valence-corrected chi connectivity index (χ3v) is 3.86. The number of benzene rings is 1. The Morgan fingerprint density at radius 1 is 1.11 bits per heavy atom. The molecule has 2 nitrogen and oxygen atoms in total. The third kappa shape index (κ3) is 2.85. The first kappa shape index (κ1) is 13.4. The van der Waals surface area contributed by atoms with Crippen molar-refractivity contribution >= 4 is 39.0 Å². The summed E-state index contributed by atoms with van der Waals surface area (Å²) in [6, 6.07) is 6.03. The van der Waals surface area contributed by atoms with Crippen LogP contribution in [0.5, 0.6) is 0 Å². The largest absolute Gasteiger partial charge is 0.339 e. The molecule has 2 rings (SSSR count). The van der Waals surface area contributed by atoms with Crippen molar-refractivity contribution in [3.05, 3.63) is 50.6 Å². The minimum Gasteiger partial charge on any atom is -0.339 e. The second kappa shape index (κ2) is 5.29. The van der Waals surface area contributed by atoms with Crippen LogP contribution < -0.4 is 5.32 Å². The fraction of sp³-hybridized carbons (Fsp3) is 0.214. The van der Waals surface area contributed by atoms with Crippen LogP contribution in [0.15, 0.2) is 28.9 Å². The Balaban J connectivity index is 2.37. The monoisotopic (exact) mass is 324 g/mol. The summed E-state index contributed by atoms with van der Waals surface area (Å²) in [6.45, 7) is 6.10. The summed E-state index contributed by atoms with van der Waals surface area (Å²) in [7, 11) is 0. The first-order valence-corrected chi connectivity index (χ1v) is 6.80. The molecule has 18 heavy (non-hydrogen) atoms. The Labute approximate surface area is 121 Å². The molecule has 0 saturated heterocycles. The van der Waals surface area contributed by atoms with Gasteiger partial charge in [-0.25, -0.2) is 4.98 Å². The van der Waals surface area contributed by atoms with Gasteiger partial charge in [-0.3, -0.25) is 0 Å². The van der Waals surface area contributed by atoms with Gasteiger partial charge in [-0.1, -0.05) is 17.7 Å². The zero-order valence-corrected chi connectivity index (χ0v) is 12.9. The van der Waals surface area contributed by atoms with Crippen LogP contribution >= 0.6 is 27.5 Å². The number of hydrogen-bond acceptors (Lipinski definition) is 2. The number of aromatic nitrogens is 1. The van der Waals surface area contributed by atoms with Gasteiger partial charge < -0.3 is 5.32 Å². The van der Waals surface area contributed by atoms with Gasteiger partial charge in [0, 0.05) is 10.7 Å². The van der Waals surface area contributed by atoms with Crippen molar-refractivity contribution in [1.82, 2.24) is 4.98 Å². The molecular formula is C14H14BrClN2. The van der Waals surface area contributed by atoms with E-state index >= 15 is 0 Å². The maximum absolute atomic E-state index is 6.26. The van der Waals surface area contributed by atoms with E-state index in [0.29, 0.717) is 0 Å². The maximum atomic E-state index is 6.26. The van der Waals surface area contributed by atoms with Crippen LogP contribution in [0.25, 0.3) is 0 Å². The molecule has 1 aromatic heterocycles. The van der Waals surface area contributed by atoms with Gasteiger partial charge in [0.25, 0.3) is 0 Å². The van der Waals surface area contributed by atoms with Gasteiger partial charge in [-0.05, 0) is 65.5 Å². The molecule has 1 heterocycles. The Kier molecular flexibility index (Phi) is 3.93. The van der Waals surface area contributed by atoms with Gasteiger partial charge in [0.2, 0.25) is 0 Å². The number of nitrogens with one attached hydrogen (secondary N) is 1. The van der Waals surface area contributed by atoms with Crippen molar-refractivity contribution in [2.24, 2.45) is 0 Å². The first-order valence-electron chi connectivity index (χ1n) is 5.63. The van der Waals surface area contributed by atoms with Gasteiger partial charge in [-0.15, -0.1) is 0 Å². The van der Waals surface area contributed by atoms with Gasteiger partial charge in [0.05, 0.1) is 10.7 Å². The molecule has 2 aromatic rings. The molecule has 0 fully saturated rings. The van der Waals surface area contributed by atoms with Gasteiger partial charge in [-0.2, -0.15) is 0 Å². The molecule has 0 atom stereocenters. The minimum atomic E-state index is 0.717. The van der Waals surface area contributed by atoms with E-state index in [1.807, 2.05) is 32.9 Å². The zero-order valence-electron chi connectivity index (χ0n) is 10.5. The van der Waals surface area contributed by atoms with E-state index in [1.54, 1.807) is 6.20 Å². The number of anilines is 2. The Hall–Kier alpha value is -1.06. The molecule has 0 aliphatic carbocycles. The Bertz CT molecular complexity index is 573. The second-order valence-electron chi connectivity index (χ2n) is 4.38. The highest BCUT2D eigenvalue weighted by Gasteiger charge is 2.07. The quantitative estimate of drug-likeness (QED) is 0.824. The van der Waals surface area contributed by atoms with Crippen molar-refractivity contribution in [2.75, 3.05) is 5.32 Å². The number of halogens is 2. The average molecular weight is 326 g/mol. The molecule has 0 aliphatic rings. The lowest BCUT2D eigenvalue weighted by atomic mass is 10.1. The van der Waals surface area contributed by atoms with Gasteiger partial charge >= 0.3 is 0 Å². The lowest BCUT2D eigenvalue weighted by molar-refractivity contribution is 1.24. The van der Waals surface area contributed by atoms with Crippen LogP contribution in [0.2, 0.25) is 5.02 Å². The molecule has 94 valence electrons. The van der Waals surface area contributed by atoms with E-state index < -0.39 is 0 Å². The summed E-state index contributed by atoms with van der Waals surface area (Å²) in [6.07, 6.45) is 1.79. The SMILES string of the molecule is Cc1cc(C)c(Nc2cc(C)c(Br)cn2)c(Cl)c1. The molecule has 0 radical (unpaired) electrons. The minimum absolute atomic E-state index is 0.717. The van der Waals surface area contributed by atoms with Crippen LogP contribution in [-0.4, -0.2) is 4.98 Å². The molecule has 0 saturated carbocycles. The van der Waals surface area contributed by atoms with Crippen LogP contribution in [-0.2, 0) is 0 Å². The highest BCUT2D eigenvalue weighted by molar-refractivity contribution is 9.10. The lowest BCUT2D eigenvalue weighted by Crippen LogP contribution is -1.98. The summed E-state index contributed by atoms with van der Waals surface area (Å²) in [5.41, 5.74) is 4.32. The van der Waals surface area contributed by atoms with Crippen LogP contribution in [0, 0.1) is 20.8 Å². The number of hydrogen-bond donors (Lipinski definition) is 1. The van der Waals surface area contributed by atoms with Crippen molar-refractivity contribution in [3.8, 4) is 0 Å². The molecule has 0 bridgehead atoms. The molecule has 1 N–H and O–H groups in total. The maximum Gasteiger partial charge on any atom is 0.130 e. The number of nitrogens with zero attached hydrogens (tertiary/aromatic N) is 1. The smallest absolute Gasteiger partial charge is 0.130 e. The van der Waals surface area contributed by atoms with E-state index in [2.05, 4.69) is 32.3 Å². The van der Waals surface area contributed by atoms with Crippen LogP contribution in [0.1, 0.15) is 16.7 Å². The topological polar surface area (TPSA) is 24.9 Å². The third-order valence-electron chi connectivity index (χ3n) is 2.73. The van der Waals surface area contributed by atoms with Crippen LogP contribution in [0.4, 0.5) is 11.5 Å². The molecule has 0 aliphatic heterocycles. The fourth-order valence-corrected chi connectivity index (χ4v) is 2.40. The first-order chi connectivity index (χ1) is 8.47. The van der Waals surface area contributed by atoms with Gasteiger partial charge in [0.1, 0.15) is 5.82 Å². The Morgan fingerprint density at radius 3 is 2.44 bits per heavy atom. The zero-order chi connectivity index (χ0) is 13.3. The number of pyridine rings is 1. The molecule has 4 heteroatoms. The van der Waals surface area contributed by atoms with Gasteiger partial charge in [0.15, 0.2) is 0 Å². The molecular weight excluding hydrogens is 312 g/mol. The van der Waals surface area contributed by atoms with Crippen LogP contribution in [0.3, 0.4) is 0 Å². The van der Waals surface area contributed by atoms with E-state index in [4.69, 9.17) is 11.6 Å². The predicted molar refractivity (Wildman–Crippen MR) is 80.9 cm³/mol. The molecule has 0 amide bonds. The molecule has 0 unspecified atom stereocenters. The van der Waals surface area contributed by atoms with Crippen molar-refractivity contribution in [2.45, 2.75) is 20.8 Å². The molecule has 0 spiro atoms. The average Bonchev–Trinajstić information content (AvgIpc) is 2.28.